The summed E-state index contributed by atoms with van der Waals surface area (Å²) in [6, 6.07) is 18.5. The maximum Gasteiger partial charge on any atom is 0.266 e. The number of carbonyl (C=O) groups is 2. The lowest BCUT2D eigenvalue weighted by Crippen LogP contribution is -2.45. The third-order valence-corrected chi connectivity index (χ3v) is 7.25. The van der Waals surface area contributed by atoms with E-state index in [1.807, 2.05) is 48.2 Å². The summed E-state index contributed by atoms with van der Waals surface area (Å²) in [7, 11) is 0. The smallest absolute Gasteiger partial charge is 0.266 e. The van der Waals surface area contributed by atoms with E-state index in [1.165, 1.54) is 27.8 Å². The summed E-state index contributed by atoms with van der Waals surface area (Å²) in [5.41, 5.74) is 3.48. The van der Waals surface area contributed by atoms with Gasteiger partial charge in [0, 0.05) is 13.1 Å². The molecule has 6 heteroatoms. The van der Waals surface area contributed by atoms with Crippen LogP contribution in [0.25, 0.3) is 6.08 Å². The molecule has 2 aliphatic heterocycles. The number of thiocarbonyl (C=S) groups is 1. The monoisotopic (exact) mass is 450 g/mol. The molecule has 2 amide bonds. The minimum atomic E-state index is -0.178. The maximum atomic E-state index is 12.9. The van der Waals surface area contributed by atoms with Crippen LogP contribution in [0.15, 0.2) is 59.5 Å². The zero-order chi connectivity index (χ0) is 21.8. The van der Waals surface area contributed by atoms with Gasteiger partial charge < -0.3 is 4.90 Å². The molecule has 4 nitrogen and oxygen atoms in total. The van der Waals surface area contributed by atoms with Crippen molar-refractivity contribution in [3.8, 4) is 0 Å². The summed E-state index contributed by atoms with van der Waals surface area (Å²) in [6.07, 6.45) is 4.89. The van der Waals surface area contributed by atoms with Crippen LogP contribution in [0.5, 0.6) is 0 Å². The summed E-state index contributed by atoms with van der Waals surface area (Å²) >= 11 is 6.67. The first-order chi connectivity index (χ1) is 15.0. The van der Waals surface area contributed by atoms with Crippen LogP contribution >= 0.6 is 24.0 Å². The lowest BCUT2D eigenvalue weighted by Gasteiger charge is -2.33. The van der Waals surface area contributed by atoms with Crippen molar-refractivity contribution < 1.29 is 9.59 Å². The summed E-state index contributed by atoms with van der Waals surface area (Å²) in [4.78, 5) is 29.6. The van der Waals surface area contributed by atoms with Crippen LogP contribution in [-0.4, -0.2) is 45.6 Å². The van der Waals surface area contributed by atoms with Crippen molar-refractivity contribution in [2.45, 2.75) is 26.2 Å². The van der Waals surface area contributed by atoms with Gasteiger partial charge in [-0.25, -0.2) is 0 Å². The second-order valence-electron chi connectivity index (χ2n) is 8.19. The molecule has 2 aromatic rings. The normalized spacial score (nSPS) is 18.8. The third kappa shape index (κ3) is 5.43. The van der Waals surface area contributed by atoms with Gasteiger partial charge in [-0.3, -0.25) is 14.5 Å². The third-order valence-electron chi connectivity index (χ3n) is 5.88. The molecule has 0 N–H and O–H groups in total. The van der Waals surface area contributed by atoms with Gasteiger partial charge in [-0.2, -0.15) is 0 Å². The molecule has 0 bridgehead atoms. The van der Waals surface area contributed by atoms with E-state index in [0.29, 0.717) is 15.1 Å². The van der Waals surface area contributed by atoms with E-state index in [9.17, 15) is 9.59 Å². The molecule has 0 saturated carbocycles. The summed E-state index contributed by atoms with van der Waals surface area (Å²) in [5, 5.41) is 0. The Morgan fingerprint density at radius 3 is 2.45 bits per heavy atom. The number of piperidine rings is 1. The van der Waals surface area contributed by atoms with Gasteiger partial charge in [0.25, 0.3) is 5.91 Å². The van der Waals surface area contributed by atoms with E-state index in [4.69, 9.17) is 12.2 Å². The number of rotatable bonds is 5. The lowest BCUT2D eigenvalue weighted by molar-refractivity contribution is -0.136. The zero-order valence-corrected chi connectivity index (χ0v) is 19.3. The SMILES string of the molecule is Cc1ccc(C=C2SC(=S)N(CC(=O)N3CCC(Cc4ccccc4)CC3)C2=O)cc1. The van der Waals surface area contributed by atoms with E-state index >= 15 is 0 Å². The van der Waals surface area contributed by atoms with Gasteiger partial charge in [-0.15, -0.1) is 0 Å². The van der Waals surface area contributed by atoms with Crippen LogP contribution in [0, 0.1) is 12.8 Å². The average Bonchev–Trinajstić information content (AvgIpc) is 3.04. The number of thioether (sulfide) groups is 1. The highest BCUT2D eigenvalue weighted by Gasteiger charge is 2.35. The highest BCUT2D eigenvalue weighted by molar-refractivity contribution is 8.26. The molecule has 0 radical (unpaired) electrons. The second kappa shape index (κ2) is 9.79. The van der Waals surface area contributed by atoms with Gasteiger partial charge >= 0.3 is 0 Å². The predicted molar refractivity (Wildman–Crippen MR) is 131 cm³/mol. The molecule has 31 heavy (non-hydrogen) atoms. The largest absolute Gasteiger partial charge is 0.341 e. The number of carbonyl (C=O) groups excluding carboxylic acids is 2. The van der Waals surface area contributed by atoms with Crippen molar-refractivity contribution in [1.82, 2.24) is 9.80 Å². The fraction of sp³-hybridized carbons (Fsp3) is 0.320. The Labute approximate surface area is 193 Å². The van der Waals surface area contributed by atoms with E-state index in [-0.39, 0.29) is 18.4 Å². The van der Waals surface area contributed by atoms with Gasteiger partial charge in [0.1, 0.15) is 10.9 Å². The van der Waals surface area contributed by atoms with Crippen LogP contribution in [0.2, 0.25) is 0 Å². The zero-order valence-electron chi connectivity index (χ0n) is 17.6. The fourth-order valence-electron chi connectivity index (χ4n) is 4.02. The minimum Gasteiger partial charge on any atom is -0.341 e. The molecule has 0 atom stereocenters. The van der Waals surface area contributed by atoms with Crippen LogP contribution < -0.4 is 0 Å². The van der Waals surface area contributed by atoms with E-state index in [0.717, 1.165) is 37.9 Å². The molecule has 160 valence electrons. The molecule has 2 fully saturated rings. The first-order valence-corrected chi connectivity index (χ1v) is 11.9. The topological polar surface area (TPSA) is 40.6 Å². The Bertz CT molecular complexity index is 994. The average molecular weight is 451 g/mol. The molecule has 2 aromatic carbocycles. The van der Waals surface area contributed by atoms with Crippen LogP contribution in [0.4, 0.5) is 0 Å². The second-order valence-corrected chi connectivity index (χ2v) is 9.87. The summed E-state index contributed by atoms with van der Waals surface area (Å²) < 4.78 is 0.454. The quantitative estimate of drug-likeness (QED) is 0.490. The molecule has 2 saturated heterocycles. The Morgan fingerprint density at radius 2 is 1.77 bits per heavy atom. The number of hydrogen-bond acceptors (Lipinski definition) is 4. The lowest BCUT2D eigenvalue weighted by atomic mass is 9.90. The Hall–Kier alpha value is -2.44. The van der Waals surface area contributed by atoms with Crippen molar-refractivity contribution in [1.29, 1.82) is 0 Å². The predicted octanol–water partition coefficient (Wildman–Crippen LogP) is 4.68. The molecule has 2 heterocycles. The van der Waals surface area contributed by atoms with Gasteiger partial charge in [0.05, 0.1) is 4.91 Å². The summed E-state index contributed by atoms with van der Waals surface area (Å²) in [6.45, 7) is 3.53. The highest BCUT2D eigenvalue weighted by atomic mass is 32.2. The maximum absolute atomic E-state index is 12.9. The molecular weight excluding hydrogens is 424 g/mol. The number of nitrogens with zero attached hydrogens (tertiary/aromatic N) is 2. The molecular formula is C25H26N2O2S2. The molecule has 2 aliphatic rings. The Morgan fingerprint density at radius 1 is 1.10 bits per heavy atom. The van der Waals surface area contributed by atoms with Gasteiger partial charge in [-0.1, -0.05) is 84.1 Å². The number of aryl methyl sites for hydroxylation is 1. The van der Waals surface area contributed by atoms with Gasteiger partial charge in [-0.05, 0) is 49.3 Å². The van der Waals surface area contributed by atoms with Crippen molar-refractivity contribution >= 4 is 46.2 Å². The van der Waals surface area contributed by atoms with Gasteiger partial charge in [0.15, 0.2) is 0 Å². The molecule has 0 aliphatic carbocycles. The number of likely N-dealkylation sites (tertiary alicyclic amines) is 1. The minimum absolute atomic E-state index is 0.0222. The van der Waals surface area contributed by atoms with Gasteiger partial charge in [0.2, 0.25) is 5.91 Å². The van der Waals surface area contributed by atoms with Crippen LogP contribution in [-0.2, 0) is 16.0 Å². The van der Waals surface area contributed by atoms with Crippen molar-refractivity contribution in [3.05, 3.63) is 76.2 Å². The number of amides is 2. The van der Waals surface area contributed by atoms with Crippen LogP contribution in [0.1, 0.15) is 29.5 Å². The molecule has 4 rings (SSSR count). The number of hydrogen-bond donors (Lipinski definition) is 0. The summed E-state index contributed by atoms with van der Waals surface area (Å²) in [5.74, 6) is 0.398. The fourth-order valence-corrected chi connectivity index (χ4v) is 5.27. The Kier molecular flexibility index (Phi) is 6.88. The molecule has 0 aromatic heterocycles. The highest BCUT2D eigenvalue weighted by Crippen LogP contribution is 2.32. The van der Waals surface area contributed by atoms with Crippen molar-refractivity contribution in [2.75, 3.05) is 19.6 Å². The number of benzene rings is 2. The first kappa shape index (κ1) is 21.8. The van der Waals surface area contributed by atoms with Crippen molar-refractivity contribution in [3.63, 3.8) is 0 Å². The van der Waals surface area contributed by atoms with Crippen molar-refractivity contribution in [2.24, 2.45) is 5.92 Å². The van der Waals surface area contributed by atoms with E-state index in [1.54, 1.807) is 0 Å². The first-order valence-electron chi connectivity index (χ1n) is 10.6. The molecule has 0 unspecified atom stereocenters. The van der Waals surface area contributed by atoms with E-state index < -0.39 is 0 Å². The standard InChI is InChI=1S/C25H26N2O2S2/c1-18-7-9-20(10-8-18)16-22-24(29)27(25(30)31-22)17-23(28)26-13-11-21(12-14-26)15-19-5-3-2-4-6-19/h2-10,16,21H,11-15,17H2,1H3. The Balaban J connectivity index is 1.32. The molecule has 0 spiro atoms. The van der Waals surface area contributed by atoms with E-state index in [2.05, 4.69) is 24.3 Å². The van der Waals surface area contributed by atoms with Crippen LogP contribution in [0.3, 0.4) is 0 Å².